The van der Waals surface area contributed by atoms with Gasteiger partial charge in [-0.25, -0.2) is 0 Å². The molecule has 9 atom stereocenters. The fraction of sp³-hybridized carbons (Fsp3) is 1.00. The molecule has 0 aromatic carbocycles. The third kappa shape index (κ3) is 22.3. The summed E-state index contributed by atoms with van der Waals surface area (Å²) in [6.45, 7) is 51.4. The van der Waals surface area contributed by atoms with Crippen LogP contribution in [0, 0.1) is 98.1 Å². The van der Waals surface area contributed by atoms with Gasteiger partial charge in [-0.3, -0.25) is 0 Å². The molecular formula is C63H126. The Bertz CT molecular complexity index is 1030. The minimum Gasteiger partial charge on any atom is -0.0651 e. The molecule has 9 aliphatic carbocycles. The fourth-order valence-electron chi connectivity index (χ4n) is 11.6. The second-order valence-corrected chi connectivity index (χ2v) is 27.9. The monoisotopic (exact) mass is 883 g/mol. The van der Waals surface area contributed by atoms with Crippen LogP contribution in [0.15, 0.2) is 0 Å². The topological polar surface area (TPSA) is 0 Å². The Morgan fingerprint density at radius 3 is 0.746 bits per heavy atom. The first-order valence-corrected chi connectivity index (χ1v) is 29.1. The first kappa shape index (κ1) is 61.0. The predicted octanol–water partition coefficient (Wildman–Crippen LogP) is 22.1. The van der Waals surface area contributed by atoms with E-state index in [1.807, 2.05) is 0 Å². The Morgan fingerprint density at radius 1 is 0.381 bits per heavy atom. The van der Waals surface area contributed by atoms with Crippen LogP contribution in [0.5, 0.6) is 0 Å². The molecule has 9 saturated carbocycles. The van der Waals surface area contributed by atoms with E-state index in [4.69, 9.17) is 0 Å². The van der Waals surface area contributed by atoms with Crippen molar-refractivity contribution in [3.05, 3.63) is 0 Å². The highest BCUT2D eigenvalue weighted by atomic mass is 14.4. The molecule has 0 amide bonds. The molecule has 63 heavy (non-hydrogen) atoms. The van der Waals surface area contributed by atoms with Gasteiger partial charge in [0.25, 0.3) is 0 Å². The summed E-state index contributed by atoms with van der Waals surface area (Å²) in [4.78, 5) is 0. The fourth-order valence-corrected chi connectivity index (χ4v) is 11.6. The van der Waals surface area contributed by atoms with E-state index >= 15 is 0 Å². The Balaban J connectivity index is 0.000000354. The van der Waals surface area contributed by atoms with E-state index in [1.165, 1.54) is 154 Å². The van der Waals surface area contributed by atoms with Gasteiger partial charge in [0.2, 0.25) is 0 Å². The van der Waals surface area contributed by atoms with Crippen LogP contribution in [0.3, 0.4) is 0 Å². The highest BCUT2D eigenvalue weighted by Gasteiger charge is 2.36. The van der Waals surface area contributed by atoms with Gasteiger partial charge in [-0.15, -0.1) is 0 Å². The SMILES string of the molecule is CC1CC(C)(C)C1.CC1CCC1(C)C.CC1C[C@H](C)C1C.CCC1(C)CCC1.CCC1(C)CCC1.CCC1CC(C)C1.CCC1CCC1C.CCC1CC[C@@H]1C.C[C@H]1CCC1(C)C. The van der Waals surface area contributed by atoms with Gasteiger partial charge in [0.05, 0.1) is 0 Å². The lowest BCUT2D eigenvalue weighted by Gasteiger charge is -2.42. The summed E-state index contributed by atoms with van der Waals surface area (Å²) in [7, 11) is 0. The van der Waals surface area contributed by atoms with Crippen LogP contribution in [0.2, 0.25) is 0 Å². The molecule has 0 radical (unpaired) electrons. The normalized spacial score (nSPS) is 36.6. The van der Waals surface area contributed by atoms with Gasteiger partial charge >= 0.3 is 0 Å². The largest absolute Gasteiger partial charge is 0.0651 e. The zero-order valence-electron chi connectivity index (χ0n) is 48.4. The van der Waals surface area contributed by atoms with Crippen molar-refractivity contribution in [2.75, 3.05) is 0 Å². The van der Waals surface area contributed by atoms with Gasteiger partial charge in [-0.1, -0.05) is 210 Å². The zero-order valence-corrected chi connectivity index (χ0v) is 48.4. The average Bonchev–Trinajstić information content (AvgIpc) is 3.20. The molecule has 9 rings (SSSR count). The van der Waals surface area contributed by atoms with E-state index in [2.05, 4.69) is 152 Å². The van der Waals surface area contributed by atoms with Crippen LogP contribution in [-0.2, 0) is 0 Å². The molecule has 0 aromatic rings. The summed E-state index contributed by atoms with van der Waals surface area (Å²) in [5.74, 6) is 12.4. The van der Waals surface area contributed by atoms with E-state index in [-0.39, 0.29) is 0 Å². The van der Waals surface area contributed by atoms with Crippen LogP contribution >= 0.6 is 0 Å². The third-order valence-electron chi connectivity index (χ3n) is 21.0. The molecule has 0 spiro atoms. The third-order valence-corrected chi connectivity index (χ3v) is 21.0. The molecule has 0 N–H and O–H groups in total. The molecule has 9 fully saturated rings. The Morgan fingerprint density at radius 2 is 0.730 bits per heavy atom. The molecule has 9 aliphatic rings. The van der Waals surface area contributed by atoms with E-state index in [0.717, 1.165) is 81.8 Å². The van der Waals surface area contributed by atoms with E-state index in [0.29, 0.717) is 16.2 Å². The predicted molar refractivity (Wildman–Crippen MR) is 290 cm³/mol. The van der Waals surface area contributed by atoms with Crippen molar-refractivity contribution in [2.24, 2.45) is 98.1 Å². The lowest BCUT2D eigenvalue weighted by molar-refractivity contribution is 0.0891. The first-order valence-electron chi connectivity index (χ1n) is 29.1. The van der Waals surface area contributed by atoms with Crippen molar-refractivity contribution < 1.29 is 0 Å². The molecular weight excluding hydrogens is 757 g/mol. The van der Waals surface area contributed by atoms with Crippen molar-refractivity contribution in [3.8, 4) is 0 Å². The summed E-state index contributed by atoms with van der Waals surface area (Å²) in [5, 5.41) is 0. The Labute approximate surface area is 402 Å². The van der Waals surface area contributed by atoms with Crippen molar-refractivity contribution >= 4 is 0 Å². The summed E-state index contributed by atoms with van der Waals surface area (Å²) >= 11 is 0. The molecule has 6 unspecified atom stereocenters. The van der Waals surface area contributed by atoms with Gasteiger partial charge in [0.1, 0.15) is 0 Å². The van der Waals surface area contributed by atoms with Crippen LogP contribution < -0.4 is 0 Å². The summed E-state index contributed by atoms with van der Waals surface area (Å²) in [6, 6.07) is 0. The van der Waals surface area contributed by atoms with Crippen molar-refractivity contribution in [1.82, 2.24) is 0 Å². The van der Waals surface area contributed by atoms with Gasteiger partial charge in [0.15, 0.2) is 0 Å². The lowest BCUT2D eigenvalue weighted by Crippen LogP contribution is -2.31. The minimum absolute atomic E-state index is 0.681. The standard InChI is InChI=1S/9C7H14/c1-6-4-7(2,3)5-6;2*1-6-4-5-7(6,2)3;1-5-4-6(2)7(5)3;1-3-7-4-6(2)5-7;2*1-3-7(2)5-4-6-7;2*1-3-7-5-4-6(7)2/h3*6H,4-5H2,1-3H3;5-7H,4H2,1-3H3;6-7H,3-5H2,1-2H3;2*3-6H2,1-2H3;2*6-7H,3-5H2,1-2H3/t;6-;;5-,6?,7?;;;;6-,7?;/m.0.0...0./s1. The maximum absolute atomic E-state index is 2.39. The van der Waals surface area contributed by atoms with E-state index in [9.17, 15) is 0 Å². The van der Waals surface area contributed by atoms with Crippen molar-refractivity contribution in [3.63, 3.8) is 0 Å². The Hall–Kier alpha value is 0. The van der Waals surface area contributed by atoms with Crippen LogP contribution in [0.4, 0.5) is 0 Å². The number of rotatable bonds is 5. The van der Waals surface area contributed by atoms with Crippen molar-refractivity contribution in [2.45, 2.75) is 306 Å². The lowest BCUT2D eigenvalue weighted by atomic mass is 9.64. The quantitative estimate of drug-likeness (QED) is 0.258. The van der Waals surface area contributed by atoms with Gasteiger partial charge in [0, 0.05) is 0 Å². The minimum atomic E-state index is 0.681. The highest BCUT2D eigenvalue weighted by Crippen LogP contribution is 2.47. The molecule has 0 bridgehead atoms. The zero-order chi connectivity index (χ0) is 48.4. The van der Waals surface area contributed by atoms with E-state index in [1.54, 1.807) is 0 Å². The highest BCUT2D eigenvalue weighted by molar-refractivity contribution is 4.87. The number of hydrogen-bond acceptors (Lipinski definition) is 0. The van der Waals surface area contributed by atoms with Crippen molar-refractivity contribution in [1.29, 1.82) is 0 Å². The maximum Gasteiger partial charge on any atom is -0.0328 e. The maximum atomic E-state index is 2.39. The molecule has 0 saturated heterocycles. The smallest absolute Gasteiger partial charge is 0.0328 e. The van der Waals surface area contributed by atoms with Gasteiger partial charge < -0.3 is 0 Å². The van der Waals surface area contributed by atoms with Crippen LogP contribution in [0.1, 0.15) is 306 Å². The average molecular weight is 884 g/mol. The number of hydrogen-bond donors (Lipinski definition) is 0. The second-order valence-electron chi connectivity index (χ2n) is 27.9. The molecule has 0 aliphatic heterocycles. The second kappa shape index (κ2) is 28.5. The molecule has 378 valence electrons. The Kier molecular flexibility index (Phi) is 27.6. The first-order chi connectivity index (χ1) is 29.1. The van der Waals surface area contributed by atoms with E-state index < -0.39 is 0 Å². The van der Waals surface area contributed by atoms with Crippen LogP contribution in [0.25, 0.3) is 0 Å². The van der Waals surface area contributed by atoms with Crippen LogP contribution in [-0.4, -0.2) is 0 Å². The van der Waals surface area contributed by atoms with Gasteiger partial charge in [-0.05, 0) is 194 Å². The molecule has 0 nitrogen and oxygen atoms in total. The summed E-state index contributed by atoms with van der Waals surface area (Å²) in [5.41, 5.74) is 3.58. The van der Waals surface area contributed by atoms with Gasteiger partial charge in [-0.2, -0.15) is 0 Å². The summed E-state index contributed by atoms with van der Waals surface area (Å²) < 4.78 is 0. The summed E-state index contributed by atoms with van der Waals surface area (Å²) in [6.07, 6.45) is 34.9. The molecule has 0 aromatic heterocycles. The molecule has 0 heterocycles. The molecule has 0 heteroatoms.